The molecule has 0 radical (unpaired) electrons. The van der Waals surface area contributed by atoms with Crippen molar-refractivity contribution in [2.24, 2.45) is 0 Å². The van der Waals surface area contributed by atoms with E-state index in [2.05, 4.69) is 4.98 Å². The molecule has 31 heavy (non-hydrogen) atoms. The van der Waals surface area contributed by atoms with Crippen molar-refractivity contribution < 1.29 is 43.1 Å². The van der Waals surface area contributed by atoms with Crippen molar-refractivity contribution in [1.82, 2.24) is 9.55 Å². The van der Waals surface area contributed by atoms with Crippen molar-refractivity contribution >= 4 is 11.9 Å². The topological polar surface area (TPSA) is 165 Å². The molecular weight excluding hydrogens is 420 g/mol. The number of aromatic amines is 1. The Hall–Kier alpha value is -2.58. The fourth-order valence-electron chi connectivity index (χ4n) is 2.73. The zero-order chi connectivity index (χ0) is 23.0. The predicted molar refractivity (Wildman–Crippen MR) is 101 cm³/mol. The summed E-state index contributed by atoms with van der Waals surface area (Å²) in [6.07, 6.45) is -2.88. The van der Waals surface area contributed by atoms with Gasteiger partial charge in [-0.15, -0.1) is 0 Å². The third-order valence-electron chi connectivity index (χ3n) is 4.13. The van der Waals surface area contributed by atoms with E-state index in [1.807, 2.05) is 0 Å². The molecule has 13 heteroatoms. The molecule has 0 bridgehead atoms. The number of H-pyrrole nitrogens is 1. The Morgan fingerprint density at radius 2 is 1.71 bits per heavy atom. The van der Waals surface area contributed by atoms with Gasteiger partial charge in [0.2, 0.25) is 0 Å². The molecule has 4 atom stereocenters. The average molecular weight is 446 g/mol. The highest BCUT2D eigenvalue weighted by Gasteiger charge is 2.45. The number of nitrogens with zero attached hydrogens (tertiary/aromatic N) is 1. The number of nitrogens with one attached hydrogen (secondary N) is 1. The summed E-state index contributed by atoms with van der Waals surface area (Å²) in [6.45, 7) is 2.33. The minimum Gasteiger partial charge on any atom is -0.463 e. The maximum Gasteiger partial charge on any atom is 0.330 e. The van der Waals surface area contributed by atoms with Crippen LogP contribution >= 0.6 is 0 Å². The number of aromatic nitrogens is 2. The Morgan fingerprint density at radius 1 is 1.13 bits per heavy atom. The van der Waals surface area contributed by atoms with Gasteiger partial charge in [0.05, 0.1) is 19.3 Å². The minimum atomic E-state index is -1.37. The van der Waals surface area contributed by atoms with Gasteiger partial charge in [-0.2, -0.15) is 0 Å². The highest BCUT2D eigenvalue weighted by atomic mass is 16.9. The van der Waals surface area contributed by atoms with Gasteiger partial charge in [0.25, 0.3) is 12.0 Å². The standard InChI is InChI=1S/C18H26N2O11/c1-10-14(24)15(16(30-10)20-5-4-13(23)19-17(20)25)31-18(28-8-6-26-11(2)21)29-9-7-27-12(3)22/h4-5,10,14-16,18,24H,6-9H2,1-3H3,(H,19,23,25)/t10-,14?,15?,16-/m1/s1. The summed E-state index contributed by atoms with van der Waals surface area (Å²) in [4.78, 5) is 47.3. The second kappa shape index (κ2) is 11.7. The monoisotopic (exact) mass is 446 g/mol. The Kier molecular flexibility index (Phi) is 9.33. The lowest BCUT2D eigenvalue weighted by atomic mass is 10.1. The van der Waals surface area contributed by atoms with E-state index >= 15 is 0 Å². The molecule has 2 unspecified atom stereocenters. The summed E-state index contributed by atoms with van der Waals surface area (Å²) in [5.74, 6) is -0.995. The molecule has 0 aromatic carbocycles. The number of ether oxygens (including phenoxy) is 6. The van der Waals surface area contributed by atoms with Crippen molar-refractivity contribution in [2.75, 3.05) is 26.4 Å². The van der Waals surface area contributed by atoms with E-state index in [1.54, 1.807) is 6.92 Å². The van der Waals surface area contributed by atoms with Crippen molar-refractivity contribution in [3.8, 4) is 0 Å². The van der Waals surface area contributed by atoms with Crippen molar-refractivity contribution in [2.45, 2.75) is 51.8 Å². The molecule has 1 aromatic heterocycles. The smallest absolute Gasteiger partial charge is 0.330 e. The van der Waals surface area contributed by atoms with Crippen molar-refractivity contribution in [1.29, 1.82) is 0 Å². The quantitative estimate of drug-likeness (QED) is 0.234. The molecule has 1 fully saturated rings. The third kappa shape index (κ3) is 7.56. The Balaban J connectivity index is 2.10. The lowest BCUT2D eigenvalue weighted by Crippen LogP contribution is -2.42. The molecule has 174 valence electrons. The van der Waals surface area contributed by atoms with Crippen LogP contribution in [0, 0.1) is 0 Å². The van der Waals surface area contributed by atoms with E-state index in [-0.39, 0.29) is 26.4 Å². The van der Waals surface area contributed by atoms with Crippen molar-refractivity contribution in [3.05, 3.63) is 33.1 Å². The number of aliphatic hydroxyl groups excluding tert-OH is 1. The Bertz CT molecular complexity index is 829. The zero-order valence-electron chi connectivity index (χ0n) is 17.3. The minimum absolute atomic E-state index is 0.0779. The van der Waals surface area contributed by atoms with Gasteiger partial charge < -0.3 is 33.5 Å². The number of carbonyl (C=O) groups is 2. The largest absolute Gasteiger partial charge is 0.463 e. The summed E-state index contributed by atoms with van der Waals surface area (Å²) in [5, 5.41) is 10.5. The summed E-state index contributed by atoms with van der Waals surface area (Å²) >= 11 is 0. The van der Waals surface area contributed by atoms with Crippen LogP contribution in [0.4, 0.5) is 0 Å². The van der Waals surface area contributed by atoms with E-state index in [9.17, 15) is 24.3 Å². The third-order valence-corrected chi connectivity index (χ3v) is 4.13. The number of hydrogen-bond donors (Lipinski definition) is 2. The molecule has 13 nitrogen and oxygen atoms in total. The SMILES string of the molecule is CC(=O)OCCOC(OCCOC(C)=O)OC1C(O)[C@@H](C)O[C@H]1n1ccc(=O)[nH]c1=O. The van der Waals surface area contributed by atoms with Gasteiger partial charge in [0.15, 0.2) is 6.23 Å². The van der Waals surface area contributed by atoms with Crippen LogP contribution in [-0.2, 0) is 38.0 Å². The molecule has 0 spiro atoms. The van der Waals surface area contributed by atoms with E-state index in [1.165, 1.54) is 20.0 Å². The van der Waals surface area contributed by atoms with Gasteiger partial charge >= 0.3 is 17.6 Å². The second-order valence-electron chi connectivity index (χ2n) is 6.55. The molecular formula is C18H26N2O11. The highest BCUT2D eigenvalue weighted by Crippen LogP contribution is 2.31. The lowest BCUT2D eigenvalue weighted by Gasteiger charge is -2.27. The van der Waals surface area contributed by atoms with Gasteiger partial charge in [-0.3, -0.25) is 23.9 Å². The summed E-state index contributed by atoms with van der Waals surface area (Å²) in [5.41, 5.74) is -1.35. The average Bonchev–Trinajstić information content (AvgIpc) is 2.96. The van der Waals surface area contributed by atoms with Gasteiger partial charge in [0.1, 0.15) is 25.4 Å². The lowest BCUT2D eigenvalue weighted by molar-refractivity contribution is -0.321. The van der Waals surface area contributed by atoms with E-state index in [0.29, 0.717) is 0 Å². The highest BCUT2D eigenvalue weighted by molar-refractivity contribution is 5.66. The van der Waals surface area contributed by atoms with Crippen LogP contribution in [0.5, 0.6) is 0 Å². The molecule has 2 N–H and O–H groups in total. The van der Waals surface area contributed by atoms with Crippen LogP contribution < -0.4 is 11.2 Å². The summed E-state index contributed by atoms with van der Waals surface area (Å²) in [6, 6.07) is 1.12. The molecule has 0 amide bonds. The van der Waals surface area contributed by atoms with Crippen LogP contribution in [-0.4, -0.2) is 77.8 Å². The van der Waals surface area contributed by atoms with Gasteiger partial charge in [0, 0.05) is 26.1 Å². The predicted octanol–water partition coefficient (Wildman–Crippen LogP) is -1.36. The summed E-state index contributed by atoms with van der Waals surface area (Å²) < 4.78 is 32.8. The van der Waals surface area contributed by atoms with E-state index in [4.69, 9.17) is 28.4 Å². The second-order valence-corrected chi connectivity index (χ2v) is 6.55. The fourth-order valence-corrected chi connectivity index (χ4v) is 2.73. The van der Waals surface area contributed by atoms with Crippen LogP contribution in [0.15, 0.2) is 21.9 Å². The number of carbonyl (C=O) groups excluding carboxylic acids is 2. The first-order valence-electron chi connectivity index (χ1n) is 9.49. The van der Waals surface area contributed by atoms with Crippen LogP contribution in [0.1, 0.15) is 27.0 Å². The van der Waals surface area contributed by atoms with Crippen LogP contribution in [0.2, 0.25) is 0 Å². The maximum absolute atomic E-state index is 12.2. The van der Waals surface area contributed by atoms with Crippen molar-refractivity contribution in [3.63, 3.8) is 0 Å². The first kappa shape index (κ1) is 24.7. The van der Waals surface area contributed by atoms with E-state index in [0.717, 1.165) is 10.6 Å². The zero-order valence-corrected chi connectivity index (χ0v) is 17.3. The molecule has 1 aromatic rings. The maximum atomic E-state index is 12.2. The van der Waals surface area contributed by atoms with Crippen LogP contribution in [0.25, 0.3) is 0 Å². The van der Waals surface area contributed by atoms with Crippen LogP contribution in [0.3, 0.4) is 0 Å². The van der Waals surface area contributed by atoms with Gasteiger partial charge in [-0.05, 0) is 6.92 Å². The Morgan fingerprint density at radius 3 is 2.23 bits per heavy atom. The number of hydrogen-bond acceptors (Lipinski definition) is 11. The normalized spacial score (nSPS) is 23.1. The summed E-state index contributed by atoms with van der Waals surface area (Å²) in [7, 11) is 0. The molecule has 2 rings (SSSR count). The van der Waals surface area contributed by atoms with E-state index < -0.39 is 54.2 Å². The number of rotatable bonds is 11. The molecule has 0 saturated carbocycles. The van der Waals surface area contributed by atoms with Gasteiger partial charge in [-0.25, -0.2) is 4.79 Å². The first-order chi connectivity index (χ1) is 14.7. The fraction of sp³-hybridized carbons (Fsp3) is 0.667. The molecule has 1 aliphatic rings. The Labute approximate surface area is 176 Å². The van der Waals surface area contributed by atoms with Gasteiger partial charge in [-0.1, -0.05) is 0 Å². The number of aliphatic hydroxyl groups is 1. The first-order valence-corrected chi connectivity index (χ1v) is 9.49. The molecule has 0 aliphatic carbocycles. The molecule has 1 saturated heterocycles. The molecule has 1 aliphatic heterocycles. The molecule has 2 heterocycles. The number of esters is 2.